The van der Waals surface area contributed by atoms with Crippen LogP contribution in [0.25, 0.3) is 0 Å². The fraction of sp³-hybridized carbons (Fsp3) is 0.364. The lowest BCUT2D eigenvalue weighted by atomic mass is 9.78. The van der Waals surface area contributed by atoms with Gasteiger partial charge in [0.1, 0.15) is 11.6 Å². The highest BCUT2D eigenvalue weighted by molar-refractivity contribution is 6.39. The predicted molar refractivity (Wildman–Crippen MR) is 106 cm³/mol. The van der Waals surface area contributed by atoms with Gasteiger partial charge >= 0.3 is 11.8 Å². The standard InChI is InChI=1S/C22H25FN2O3/c1-15-5-8-17(13-19(15)23)25-21(27)20(26)24-14-22(11-3-4-12-22)16-6-9-18(28-2)10-7-16/h5-10,13H,3-4,11-12,14H2,1-2H3,(H,24,26)(H,25,27). The van der Waals surface area contributed by atoms with Crippen molar-refractivity contribution in [3.05, 3.63) is 59.4 Å². The second kappa shape index (κ2) is 8.42. The van der Waals surface area contributed by atoms with E-state index in [0.717, 1.165) is 37.0 Å². The molecule has 1 aliphatic rings. The molecule has 0 heterocycles. The largest absolute Gasteiger partial charge is 0.497 e. The van der Waals surface area contributed by atoms with E-state index in [0.29, 0.717) is 12.1 Å². The zero-order valence-electron chi connectivity index (χ0n) is 16.2. The molecule has 2 amide bonds. The Morgan fingerprint density at radius 3 is 2.36 bits per heavy atom. The number of methoxy groups -OCH3 is 1. The van der Waals surface area contributed by atoms with E-state index in [-0.39, 0.29) is 11.1 Å². The van der Waals surface area contributed by atoms with Crippen LogP contribution in [-0.4, -0.2) is 25.5 Å². The van der Waals surface area contributed by atoms with Crippen molar-refractivity contribution in [3.63, 3.8) is 0 Å². The summed E-state index contributed by atoms with van der Waals surface area (Å²) in [5.41, 5.74) is 1.68. The molecule has 1 aliphatic carbocycles. The van der Waals surface area contributed by atoms with Gasteiger partial charge in [0, 0.05) is 17.6 Å². The summed E-state index contributed by atoms with van der Waals surface area (Å²) in [5.74, 6) is -1.17. The maximum absolute atomic E-state index is 13.6. The van der Waals surface area contributed by atoms with Crippen molar-refractivity contribution in [2.24, 2.45) is 0 Å². The first-order valence-electron chi connectivity index (χ1n) is 9.43. The van der Waals surface area contributed by atoms with Crippen LogP contribution in [0.5, 0.6) is 5.75 Å². The van der Waals surface area contributed by atoms with E-state index in [1.165, 1.54) is 6.07 Å². The van der Waals surface area contributed by atoms with E-state index in [1.54, 1.807) is 26.2 Å². The molecule has 2 aromatic carbocycles. The number of amides is 2. The number of aryl methyl sites for hydroxylation is 1. The number of benzene rings is 2. The molecule has 5 nitrogen and oxygen atoms in total. The highest BCUT2D eigenvalue weighted by Gasteiger charge is 2.36. The number of carbonyl (C=O) groups is 2. The average molecular weight is 384 g/mol. The maximum Gasteiger partial charge on any atom is 0.313 e. The molecular weight excluding hydrogens is 359 g/mol. The fourth-order valence-corrected chi connectivity index (χ4v) is 3.75. The van der Waals surface area contributed by atoms with Crippen molar-refractivity contribution in [2.75, 3.05) is 19.0 Å². The zero-order chi connectivity index (χ0) is 20.1. The Labute approximate surface area is 164 Å². The number of rotatable bonds is 5. The van der Waals surface area contributed by atoms with Crippen LogP contribution >= 0.6 is 0 Å². The van der Waals surface area contributed by atoms with Crippen molar-refractivity contribution in [2.45, 2.75) is 38.0 Å². The van der Waals surface area contributed by atoms with Crippen LogP contribution in [0.1, 0.15) is 36.8 Å². The van der Waals surface area contributed by atoms with Crippen molar-refractivity contribution >= 4 is 17.5 Å². The first-order valence-corrected chi connectivity index (χ1v) is 9.43. The SMILES string of the molecule is COc1ccc(C2(CNC(=O)C(=O)Nc3ccc(C)c(F)c3)CCCC2)cc1. The van der Waals surface area contributed by atoms with Crippen molar-refractivity contribution < 1.29 is 18.7 Å². The van der Waals surface area contributed by atoms with Gasteiger partial charge in [-0.15, -0.1) is 0 Å². The van der Waals surface area contributed by atoms with Crippen LogP contribution in [-0.2, 0) is 15.0 Å². The molecule has 0 aliphatic heterocycles. The van der Waals surface area contributed by atoms with Crippen LogP contribution in [0.3, 0.4) is 0 Å². The minimum Gasteiger partial charge on any atom is -0.497 e. The van der Waals surface area contributed by atoms with Gasteiger partial charge in [0.05, 0.1) is 7.11 Å². The highest BCUT2D eigenvalue weighted by atomic mass is 19.1. The normalized spacial score (nSPS) is 15.1. The quantitative estimate of drug-likeness (QED) is 0.773. The Bertz CT molecular complexity index is 859. The van der Waals surface area contributed by atoms with Gasteiger partial charge in [0.2, 0.25) is 0 Å². The first-order chi connectivity index (χ1) is 13.4. The second-order valence-corrected chi connectivity index (χ2v) is 7.32. The highest BCUT2D eigenvalue weighted by Crippen LogP contribution is 2.41. The molecule has 0 aromatic heterocycles. The van der Waals surface area contributed by atoms with Crippen molar-refractivity contribution in [1.29, 1.82) is 0 Å². The third-order valence-electron chi connectivity index (χ3n) is 5.49. The van der Waals surface area contributed by atoms with E-state index >= 15 is 0 Å². The molecule has 3 rings (SSSR count). The van der Waals surface area contributed by atoms with Crippen LogP contribution in [0.15, 0.2) is 42.5 Å². The van der Waals surface area contributed by atoms with Gasteiger partial charge in [-0.25, -0.2) is 4.39 Å². The number of nitrogens with one attached hydrogen (secondary N) is 2. The Kier molecular flexibility index (Phi) is 5.97. The van der Waals surface area contributed by atoms with E-state index in [4.69, 9.17) is 4.74 Å². The van der Waals surface area contributed by atoms with Gasteiger partial charge < -0.3 is 15.4 Å². The second-order valence-electron chi connectivity index (χ2n) is 7.32. The lowest BCUT2D eigenvalue weighted by molar-refractivity contribution is -0.136. The molecule has 1 fully saturated rings. The molecule has 0 radical (unpaired) electrons. The summed E-state index contributed by atoms with van der Waals surface area (Å²) in [6.45, 7) is 2.02. The van der Waals surface area contributed by atoms with Gasteiger partial charge in [-0.1, -0.05) is 31.0 Å². The summed E-state index contributed by atoms with van der Waals surface area (Å²) in [7, 11) is 1.62. The predicted octanol–water partition coefficient (Wildman–Crippen LogP) is 3.71. The molecule has 0 bridgehead atoms. The van der Waals surface area contributed by atoms with E-state index in [1.807, 2.05) is 24.3 Å². The number of halogens is 1. The minimum absolute atomic E-state index is 0.182. The molecule has 0 spiro atoms. The smallest absolute Gasteiger partial charge is 0.313 e. The Morgan fingerprint density at radius 1 is 1.07 bits per heavy atom. The molecule has 6 heteroatoms. The summed E-state index contributed by atoms with van der Waals surface area (Å²) in [5, 5.41) is 5.21. The lowest BCUT2D eigenvalue weighted by Crippen LogP contribution is -2.43. The van der Waals surface area contributed by atoms with Gasteiger partial charge in [0.25, 0.3) is 0 Å². The van der Waals surface area contributed by atoms with Crippen LogP contribution in [0.4, 0.5) is 10.1 Å². The van der Waals surface area contributed by atoms with Crippen molar-refractivity contribution in [3.8, 4) is 5.75 Å². The van der Waals surface area contributed by atoms with Crippen LogP contribution in [0, 0.1) is 12.7 Å². The van der Waals surface area contributed by atoms with Gasteiger partial charge in [-0.05, 0) is 55.2 Å². The molecule has 0 saturated heterocycles. The molecule has 1 saturated carbocycles. The van der Waals surface area contributed by atoms with E-state index in [2.05, 4.69) is 10.6 Å². The minimum atomic E-state index is -0.800. The van der Waals surface area contributed by atoms with E-state index < -0.39 is 17.6 Å². The summed E-state index contributed by atoms with van der Waals surface area (Å²) >= 11 is 0. The Morgan fingerprint density at radius 2 is 1.75 bits per heavy atom. The summed E-state index contributed by atoms with van der Waals surface area (Å²) in [6.07, 6.45) is 4.06. The van der Waals surface area contributed by atoms with E-state index in [9.17, 15) is 14.0 Å². The summed E-state index contributed by atoms with van der Waals surface area (Å²) in [6, 6.07) is 12.2. The fourth-order valence-electron chi connectivity index (χ4n) is 3.75. The number of ether oxygens (including phenoxy) is 1. The topological polar surface area (TPSA) is 67.4 Å². The number of anilines is 1. The van der Waals surface area contributed by atoms with Gasteiger partial charge in [0.15, 0.2) is 0 Å². The molecular formula is C22H25FN2O3. The Balaban J connectivity index is 1.64. The Hall–Kier alpha value is -2.89. The van der Waals surface area contributed by atoms with Crippen LogP contribution in [0.2, 0.25) is 0 Å². The van der Waals surface area contributed by atoms with Gasteiger partial charge in [-0.2, -0.15) is 0 Å². The number of hydrogen-bond donors (Lipinski definition) is 2. The third kappa shape index (κ3) is 4.32. The van der Waals surface area contributed by atoms with Crippen LogP contribution < -0.4 is 15.4 Å². The zero-order valence-corrected chi connectivity index (χ0v) is 16.2. The number of hydrogen-bond acceptors (Lipinski definition) is 3. The molecule has 148 valence electrons. The molecule has 0 atom stereocenters. The number of carbonyl (C=O) groups excluding carboxylic acids is 2. The molecule has 2 N–H and O–H groups in total. The maximum atomic E-state index is 13.6. The average Bonchev–Trinajstić information content (AvgIpc) is 3.19. The molecule has 28 heavy (non-hydrogen) atoms. The third-order valence-corrected chi connectivity index (χ3v) is 5.49. The lowest BCUT2D eigenvalue weighted by Gasteiger charge is -2.30. The van der Waals surface area contributed by atoms with Crippen molar-refractivity contribution in [1.82, 2.24) is 5.32 Å². The summed E-state index contributed by atoms with van der Waals surface area (Å²) in [4.78, 5) is 24.5. The summed E-state index contributed by atoms with van der Waals surface area (Å²) < 4.78 is 18.8. The molecule has 0 unspecified atom stereocenters. The first kappa shape index (κ1) is 19.9. The monoisotopic (exact) mass is 384 g/mol. The van der Waals surface area contributed by atoms with Gasteiger partial charge in [-0.3, -0.25) is 9.59 Å². The molecule has 2 aromatic rings.